The van der Waals surface area contributed by atoms with Gasteiger partial charge in [-0.05, 0) is 24.1 Å². The minimum atomic E-state index is -0.281. The highest BCUT2D eigenvalue weighted by Gasteiger charge is 2.16. The van der Waals surface area contributed by atoms with Crippen LogP contribution in [-0.4, -0.2) is 23.7 Å². The topological polar surface area (TPSA) is 101 Å². The summed E-state index contributed by atoms with van der Waals surface area (Å²) in [5.74, 6) is -0.126. The van der Waals surface area contributed by atoms with E-state index in [1.807, 2.05) is 13.8 Å². The average Bonchev–Trinajstić information content (AvgIpc) is 2.23. The van der Waals surface area contributed by atoms with Gasteiger partial charge in [-0.15, -0.1) is 0 Å². The first-order chi connectivity index (χ1) is 7.93. The van der Waals surface area contributed by atoms with Crippen LogP contribution in [-0.2, 0) is 0 Å². The van der Waals surface area contributed by atoms with E-state index in [2.05, 4.69) is 5.32 Å². The van der Waals surface area contributed by atoms with Crippen molar-refractivity contribution in [2.24, 2.45) is 5.92 Å². The second-order valence-electron chi connectivity index (χ2n) is 4.39. The van der Waals surface area contributed by atoms with Gasteiger partial charge >= 0.3 is 0 Å². The first-order valence-corrected chi connectivity index (χ1v) is 5.51. The molecular weight excluding hydrogens is 218 g/mol. The van der Waals surface area contributed by atoms with Gasteiger partial charge in [-0.2, -0.15) is 0 Å². The maximum atomic E-state index is 11.9. The third kappa shape index (κ3) is 3.64. The lowest BCUT2D eigenvalue weighted by molar-refractivity contribution is 0.0897. The second kappa shape index (κ2) is 5.54. The largest absolute Gasteiger partial charge is 0.399 e. The molecule has 5 nitrogen and oxygen atoms in total. The number of amides is 1. The van der Waals surface area contributed by atoms with Crippen molar-refractivity contribution in [1.82, 2.24) is 5.32 Å². The van der Waals surface area contributed by atoms with Crippen LogP contribution in [0.2, 0.25) is 0 Å². The molecule has 0 aliphatic rings. The molecule has 0 aromatic heterocycles. The molecule has 1 rings (SSSR count). The van der Waals surface area contributed by atoms with E-state index in [9.17, 15) is 4.79 Å². The van der Waals surface area contributed by atoms with Crippen molar-refractivity contribution < 1.29 is 9.90 Å². The minimum absolute atomic E-state index is 0.0960. The maximum absolute atomic E-state index is 11.9. The Morgan fingerprint density at radius 2 is 1.82 bits per heavy atom. The first kappa shape index (κ1) is 13.3. The van der Waals surface area contributed by atoms with Crippen LogP contribution >= 0.6 is 0 Å². The van der Waals surface area contributed by atoms with Gasteiger partial charge < -0.3 is 21.9 Å². The Balaban J connectivity index is 2.82. The van der Waals surface area contributed by atoms with Gasteiger partial charge in [-0.25, -0.2) is 0 Å². The summed E-state index contributed by atoms with van der Waals surface area (Å²) >= 11 is 0. The number of nitrogens with one attached hydrogen (secondary N) is 1. The maximum Gasteiger partial charge on any atom is 0.251 e. The van der Waals surface area contributed by atoms with Crippen LogP contribution in [0.1, 0.15) is 24.2 Å². The van der Waals surface area contributed by atoms with Gasteiger partial charge in [0.15, 0.2) is 0 Å². The van der Waals surface area contributed by atoms with E-state index < -0.39 is 0 Å². The average molecular weight is 237 g/mol. The molecule has 0 heterocycles. The number of benzene rings is 1. The van der Waals surface area contributed by atoms with Crippen molar-refractivity contribution in [3.05, 3.63) is 23.8 Å². The molecule has 17 heavy (non-hydrogen) atoms. The number of aliphatic hydroxyl groups is 1. The molecule has 0 fully saturated rings. The van der Waals surface area contributed by atoms with E-state index in [1.54, 1.807) is 18.2 Å². The van der Waals surface area contributed by atoms with Crippen LogP contribution in [0.25, 0.3) is 0 Å². The van der Waals surface area contributed by atoms with Crippen molar-refractivity contribution in [2.45, 2.75) is 19.9 Å². The van der Waals surface area contributed by atoms with Crippen LogP contribution in [0, 0.1) is 5.92 Å². The van der Waals surface area contributed by atoms with E-state index in [-0.39, 0.29) is 24.5 Å². The molecule has 0 saturated carbocycles. The summed E-state index contributed by atoms with van der Waals surface area (Å²) < 4.78 is 0. The van der Waals surface area contributed by atoms with Gasteiger partial charge in [0.1, 0.15) is 0 Å². The highest BCUT2D eigenvalue weighted by atomic mass is 16.3. The lowest BCUT2D eigenvalue weighted by Gasteiger charge is -2.20. The number of carbonyl (C=O) groups is 1. The summed E-state index contributed by atoms with van der Waals surface area (Å²) in [5, 5.41) is 11.9. The van der Waals surface area contributed by atoms with Gasteiger partial charge in [0.05, 0.1) is 12.6 Å². The molecule has 5 heteroatoms. The number of hydrogen-bond acceptors (Lipinski definition) is 4. The van der Waals surface area contributed by atoms with Crippen LogP contribution in [0.3, 0.4) is 0 Å². The lowest BCUT2D eigenvalue weighted by atomic mass is 10.0. The zero-order valence-corrected chi connectivity index (χ0v) is 10.1. The normalized spacial score (nSPS) is 12.5. The van der Waals surface area contributed by atoms with Crippen molar-refractivity contribution >= 4 is 17.3 Å². The molecule has 1 amide bonds. The molecule has 0 aliphatic carbocycles. The summed E-state index contributed by atoms with van der Waals surface area (Å²) in [5.41, 5.74) is 12.5. The van der Waals surface area contributed by atoms with Gasteiger partial charge in [0.25, 0.3) is 5.91 Å². The fourth-order valence-electron chi connectivity index (χ4n) is 1.48. The van der Waals surface area contributed by atoms with Gasteiger partial charge in [0.2, 0.25) is 0 Å². The first-order valence-electron chi connectivity index (χ1n) is 5.51. The molecule has 0 saturated heterocycles. The fraction of sp³-hybridized carbons (Fsp3) is 0.417. The van der Waals surface area contributed by atoms with Crippen LogP contribution in [0.5, 0.6) is 0 Å². The Morgan fingerprint density at radius 3 is 2.24 bits per heavy atom. The lowest BCUT2D eigenvalue weighted by Crippen LogP contribution is -2.41. The number of hydrogen-bond donors (Lipinski definition) is 4. The zero-order chi connectivity index (χ0) is 13.0. The Labute approximate surface area is 101 Å². The third-order valence-corrected chi connectivity index (χ3v) is 2.56. The van der Waals surface area contributed by atoms with Crippen LogP contribution in [0.15, 0.2) is 18.2 Å². The van der Waals surface area contributed by atoms with E-state index in [1.165, 1.54) is 0 Å². The fourth-order valence-corrected chi connectivity index (χ4v) is 1.48. The quantitative estimate of drug-likeness (QED) is 0.576. The molecular formula is C12H19N3O2. The third-order valence-electron chi connectivity index (χ3n) is 2.56. The van der Waals surface area contributed by atoms with E-state index in [0.29, 0.717) is 16.9 Å². The molecule has 1 atom stereocenters. The SMILES string of the molecule is CC(C)[C@@H](CO)NC(=O)c1cc(N)cc(N)c1. The molecule has 0 unspecified atom stereocenters. The Bertz CT molecular complexity index is 384. The molecule has 0 aliphatic heterocycles. The van der Waals surface area contributed by atoms with Gasteiger partial charge in [-0.1, -0.05) is 13.8 Å². The monoisotopic (exact) mass is 237 g/mol. The van der Waals surface area contributed by atoms with Crippen molar-refractivity contribution in [3.8, 4) is 0 Å². The number of anilines is 2. The second-order valence-corrected chi connectivity index (χ2v) is 4.39. The number of carbonyl (C=O) groups excluding carboxylic acids is 1. The summed E-state index contributed by atoms with van der Waals surface area (Å²) in [7, 11) is 0. The van der Waals surface area contributed by atoms with Crippen LogP contribution in [0.4, 0.5) is 11.4 Å². The van der Waals surface area contributed by atoms with E-state index in [4.69, 9.17) is 16.6 Å². The summed E-state index contributed by atoms with van der Waals surface area (Å²) in [6.45, 7) is 3.75. The van der Waals surface area contributed by atoms with Gasteiger partial charge in [-0.3, -0.25) is 4.79 Å². The summed E-state index contributed by atoms with van der Waals surface area (Å²) in [4.78, 5) is 11.9. The summed E-state index contributed by atoms with van der Waals surface area (Å²) in [6.07, 6.45) is 0. The number of nitrogen functional groups attached to an aromatic ring is 2. The summed E-state index contributed by atoms with van der Waals surface area (Å²) in [6, 6.07) is 4.43. The predicted octanol–water partition coefficient (Wildman–Crippen LogP) is 0.598. The molecule has 94 valence electrons. The van der Waals surface area contributed by atoms with E-state index >= 15 is 0 Å². The predicted molar refractivity (Wildman–Crippen MR) is 68.4 cm³/mol. The standard InChI is InChI=1S/C12H19N3O2/c1-7(2)11(6-16)15-12(17)8-3-9(13)5-10(14)4-8/h3-5,7,11,16H,6,13-14H2,1-2H3,(H,15,17)/t11-/m1/s1. The Morgan fingerprint density at radius 1 is 1.29 bits per heavy atom. The minimum Gasteiger partial charge on any atom is -0.399 e. The zero-order valence-electron chi connectivity index (χ0n) is 10.1. The molecule has 1 aromatic rings. The number of aliphatic hydroxyl groups excluding tert-OH is 1. The molecule has 6 N–H and O–H groups in total. The van der Waals surface area contributed by atoms with Crippen molar-refractivity contribution in [3.63, 3.8) is 0 Å². The van der Waals surface area contributed by atoms with Crippen LogP contribution < -0.4 is 16.8 Å². The van der Waals surface area contributed by atoms with Gasteiger partial charge in [0, 0.05) is 16.9 Å². The molecule has 0 spiro atoms. The molecule has 0 radical (unpaired) electrons. The number of nitrogens with two attached hydrogens (primary N) is 2. The van der Waals surface area contributed by atoms with E-state index in [0.717, 1.165) is 0 Å². The van der Waals surface area contributed by atoms with Crippen molar-refractivity contribution in [1.29, 1.82) is 0 Å². The highest BCUT2D eigenvalue weighted by molar-refractivity contribution is 5.96. The highest BCUT2D eigenvalue weighted by Crippen LogP contribution is 2.14. The van der Waals surface area contributed by atoms with Crippen molar-refractivity contribution in [2.75, 3.05) is 18.1 Å². The smallest absolute Gasteiger partial charge is 0.251 e. The Hall–Kier alpha value is -1.75. The Kier molecular flexibility index (Phi) is 4.34. The molecule has 0 bridgehead atoms. The molecule has 1 aromatic carbocycles. The number of rotatable bonds is 4.